The molecule has 1 aliphatic heterocycles. The van der Waals surface area contributed by atoms with Gasteiger partial charge in [-0.15, -0.1) is 5.06 Å². The Hall–Kier alpha value is -0.570. The molecular formula is C21H43NO2. The lowest BCUT2D eigenvalue weighted by Gasteiger charge is -2.54. The molecule has 1 aliphatic carbocycles. The molecule has 0 aromatic carbocycles. The molecule has 0 radical (unpaired) electrons. The van der Waals surface area contributed by atoms with Crippen molar-refractivity contribution < 1.29 is 9.63 Å². The van der Waals surface area contributed by atoms with Crippen molar-refractivity contribution in [3.05, 3.63) is 0 Å². The van der Waals surface area contributed by atoms with E-state index in [1.807, 2.05) is 32.8 Å². The van der Waals surface area contributed by atoms with Gasteiger partial charge in [-0.25, -0.2) is 0 Å². The topological polar surface area (TPSA) is 29.5 Å². The predicted octanol–water partition coefficient (Wildman–Crippen LogP) is 6.22. The first-order valence-corrected chi connectivity index (χ1v) is 9.70. The SMILES string of the molecule is CC.CC.CC(=O)ON1C(C)(C)CC2(CC1(C)C)C(C)(C)C2(C)C. The van der Waals surface area contributed by atoms with Gasteiger partial charge in [-0.3, -0.25) is 4.79 Å². The zero-order valence-corrected chi connectivity index (χ0v) is 18.7. The molecule has 0 aromatic rings. The van der Waals surface area contributed by atoms with Crippen LogP contribution in [-0.4, -0.2) is 22.1 Å². The molecule has 2 rings (SSSR count). The normalized spacial score (nSPS) is 27.0. The summed E-state index contributed by atoms with van der Waals surface area (Å²) in [5.41, 5.74) is 0.703. The summed E-state index contributed by atoms with van der Waals surface area (Å²) in [4.78, 5) is 17.0. The van der Waals surface area contributed by atoms with Crippen molar-refractivity contribution >= 4 is 5.97 Å². The van der Waals surface area contributed by atoms with Gasteiger partial charge in [-0.2, -0.15) is 0 Å². The van der Waals surface area contributed by atoms with Gasteiger partial charge in [0.2, 0.25) is 0 Å². The molecule has 3 nitrogen and oxygen atoms in total. The van der Waals surface area contributed by atoms with Crippen molar-refractivity contribution in [3.63, 3.8) is 0 Å². The summed E-state index contributed by atoms with van der Waals surface area (Å²) in [5, 5.41) is 1.94. The van der Waals surface area contributed by atoms with Gasteiger partial charge in [0, 0.05) is 6.92 Å². The average Bonchev–Trinajstić information content (AvgIpc) is 2.75. The molecule has 2 aliphatic rings. The lowest BCUT2D eigenvalue weighted by Crippen LogP contribution is -2.62. The predicted molar refractivity (Wildman–Crippen MR) is 104 cm³/mol. The van der Waals surface area contributed by atoms with Crippen LogP contribution in [0, 0.1) is 16.2 Å². The quantitative estimate of drug-likeness (QED) is 0.567. The van der Waals surface area contributed by atoms with Crippen LogP contribution in [0.5, 0.6) is 0 Å². The Bertz CT molecular complexity index is 413. The Morgan fingerprint density at radius 1 is 0.750 bits per heavy atom. The minimum atomic E-state index is -0.226. The van der Waals surface area contributed by atoms with E-state index in [4.69, 9.17) is 4.84 Å². The summed E-state index contributed by atoms with van der Waals surface area (Å²) in [5.74, 6) is -0.226. The van der Waals surface area contributed by atoms with Crippen molar-refractivity contribution in [3.8, 4) is 0 Å². The molecule has 0 amide bonds. The molecule has 0 N–H and O–H groups in total. The highest BCUT2D eigenvalue weighted by Crippen LogP contribution is 2.84. The van der Waals surface area contributed by atoms with Gasteiger partial charge in [0.25, 0.3) is 0 Å². The Labute approximate surface area is 151 Å². The van der Waals surface area contributed by atoms with Gasteiger partial charge < -0.3 is 4.84 Å². The Kier molecular flexibility index (Phi) is 6.81. The third-order valence-electron chi connectivity index (χ3n) is 6.68. The molecule has 1 heterocycles. The van der Waals surface area contributed by atoms with Gasteiger partial charge in [0.15, 0.2) is 0 Å². The molecule has 1 saturated heterocycles. The van der Waals surface area contributed by atoms with E-state index in [0.717, 1.165) is 12.8 Å². The van der Waals surface area contributed by atoms with Crippen molar-refractivity contribution in [2.75, 3.05) is 0 Å². The van der Waals surface area contributed by atoms with Gasteiger partial charge in [-0.05, 0) is 56.8 Å². The van der Waals surface area contributed by atoms with Crippen LogP contribution >= 0.6 is 0 Å². The van der Waals surface area contributed by atoms with E-state index in [-0.39, 0.29) is 17.0 Å². The number of rotatable bonds is 1. The van der Waals surface area contributed by atoms with Gasteiger partial charge in [0.1, 0.15) is 0 Å². The fourth-order valence-electron chi connectivity index (χ4n) is 5.31. The van der Waals surface area contributed by atoms with Crippen LogP contribution in [0.3, 0.4) is 0 Å². The highest BCUT2D eigenvalue weighted by atomic mass is 16.7. The number of carbonyl (C=O) groups excluding carboxylic acids is 1. The van der Waals surface area contributed by atoms with E-state index in [1.54, 1.807) is 0 Å². The van der Waals surface area contributed by atoms with Crippen LogP contribution in [0.15, 0.2) is 0 Å². The lowest BCUT2D eigenvalue weighted by atomic mass is 9.68. The van der Waals surface area contributed by atoms with Crippen LogP contribution in [0.4, 0.5) is 0 Å². The summed E-state index contributed by atoms with van der Waals surface area (Å²) in [6.45, 7) is 27.8. The number of hydrogen-bond donors (Lipinski definition) is 0. The second-order valence-corrected chi connectivity index (χ2v) is 9.19. The molecule has 0 aromatic heterocycles. The second kappa shape index (κ2) is 6.97. The van der Waals surface area contributed by atoms with Crippen LogP contribution in [0.2, 0.25) is 0 Å². The monoisotopic (exact) mass is 341 g/mol. The van der Waals surface area contributed by atoms with Crippen LogP contribution in [0.1, 0.15) is 103 Å². The number of carbonyl (C=O) groups is 1. The largest absolute Gasteiger partial charge is 0.367 e. The van der Waals surface area contributed by atoms with Gasteiger partial charge >= 0.3 is 5.97 Å². The first-order chi connectivity index (χ1) is 10.7. The third-order valence-corrected chi connectivity index (χ3v) is 6.68. The molecule has 3 heteroatoms. The summed E-state index contributed by atoms with van der Waals surface area (Å²) in [6.07, 6.45) is 2.13. The number of hydroxylamine groups is 2. The molecular weight excluding hydrogens is 298 g/mol. The highest BCUT2D eigenvalue weighted by Gasteiger charge is 2.80. The fourth-order valence-corrected chi connectivity index (χ4v) is 5.31. The number of nitrogens with zero attached hydrogens (tertiary/aromatic N) is 1. The maximum atomic E-state index is 11.5. The van der Waals surface area contributed by atoms with Crippen LogP contribution in [0.25, 0.3) is 0 Å². The van der Waals surface area contributed by atoms with E-state index >= 15 is 0 Å². The maximum Gasteiger partial charge on any atom is 0.322 e. The Morgan fingerprint density at radius 2 is 1.04 bits per heavy atom. The van der Waals surface area contributed by atoms with E-state index < -0.39 is 0 Å². The van der Waals surface area contributed by atoms with Crippen molar-refractivity contribution in [2.45, 2.75) is 114 Å². The molecule has 2 fully saturated rings. The van der Waals surface area contributed by atoms with Crippen molar-refractivity contribution in [2.24, 2.45) is 16.2 Å². The lowest BCUT2D eigenvalue weighted by molar-refractivity contribution is -0.275. The standard InChI is InChI=1S/C17H31NO2.2C2H6/c1-12(19)20-18-13(2,3)10-17(11-14(18,4)5)15(6,7)16(17,8)9;2*1-2/h10-11H2,1-9H3;2*1-2H3. The van der Waals surface area contributed by atoms with Crippen LogP contribution < -0.4 is 0 Å². The number of piperidine rings is 1. The summed E-state index contributed by atoms with van der Waals surface area (Å²) in [6, 6.07) is 0. The molecule has 0 unspecified atom stereocenters. The minimum absolute atomic E-state index is 0.140. The van der Waals surface area contributed by atoms with E-state index in [0.29, 0.717) is 16.2 Å². The van der Waals surface area contributed by atoms with E-state index in [2.05, 4.69) is 55.4 Å². The smallest absolute Gasteiger partial charge is 0.322 e. The third kappa shape index (κ3) is 3.25. The Morgan fingerprint density at radius 3 is 1.25 bits per heavy atom. The average molecular weight is 342 g/mol. The zero-order chi connectivity index (χ0) is 19.8. The van der Waals surface area contributed by atoms with E-state index in [9.17, 15) is 4.79 Å². The molecule has 24 heavy (non-hydrogen) atoms. The highest BCUT2D eigenvalue weighted by molar-refractivity contribution is 5.65. The van der Waals surface area contributed by atoms with Gasteiger partial charge in [0.05, 0.1) is 11.1 Å². The molecule has 1 spiro atoms. The molecule has 144 valence electrons. The zero-order valence-electron chi connectivity index (χ0n) is 18.7. The molecule has 1 saturated carbocycles. The summed E-state index contributed by atoms with van der Waals surface area (Å²) in [7, 11) is 0. The molecule has 0 atom stereocenters. The minimum Gasteiger partial charge on any atom is -0.367 e. The summed E-state index contributed by atoms with van der Waals surface area (Å²) >= 11 is 0. The molecule has 0 bridgehead atoms. The van der Waals surface area contributed by atoms with Crippen LogP contribution in [-0.2, 0) is 9.63 Å². The van der Waals surface area contributed by atoms with E-state index in [1.165, 1.54) is 6.92 Å². The van der Waals surface area contributed by atoms with Gasteiger partial charge in [-0.1, -0.05) is 55.4 Å². The second-order valence-electron chi connectivity index (χ2n) is 9.19. The van der Waals surface area contributed by atoms with Crippen molar-refractivity contribution in [1.29, 1.82) is 0 Å². The number of hydrogen-bond acceptors (Lipinski definition) is 3. The van der Waals surface area contributed by atoms with Crippen molar-refractivity contribution in [1.82, 2.24) is 5.06 Å². The maximum absolute atomic E-state index is 11.5. The first kappa shape index (κ1) is 23.4. The fraction of sp³-hybridized carbons (Fsp3) is 0.952. The summed E-state index contributed by atoms with van der Waals surface area (Å²) < 4.78 is 0. The Balaban J connectivity index is 0.00000123. The first-order valence-electron chi connectivity index (χ1n) is 9.70.